The number of pyridine rings is 1. The van der Waals surface area contributed by atoms with E-state index in [1.54, 1.807) is 12.1 Å². The lowest BCUT2D eigenvalue weighted by Gasteiger charge is -2.12. The summed E-state index contributed by atoms with van der Waals surface area (Å²) in [7, 11) is 0. The van der Waals surface area contributed by atoms with Gasteiger partial charge in [-0.25, -0.2) is 4.98 Å². The Morgan fingerprint density at radius 3 is 3.07 bits per heavy atom. The van der Waals surface area contributed by atoms with E-state index in [1.165, 1.54) is 6.20 Å². The van der Waals surface area contributed by atoms with E-state index in [0.29, 0.717) is 5.56 Å². The highest BCUT2D eigenvalue weighted by Gasteiger charge is 2.20. The molecule has 1 aliphatic heterocycles. The second-order valence-electron chi connectivity index (χ2n) is 3.47. The molecular weight excluding hydrogens is 194 g/mol. The van der Waals surface area contributed by atoms with Gasteiger partial charge >= 0.3 is 0 Å². The Labute approximate surface area is 87.0 Å². The summed E-state index contributed by atoms with van der Waals surface area (Å²) < 4.78 is 0. The predicted molar refractivity (Wildman–Crippen MR) is 53.0 cm³/mol. The van der Waals surface area contributed by atoms with Crippen LogP contribution in [0.15, 0.2) is 12.3 Å². The number of nitrogens with zero attached hydrogens (tertiary/aromatic N) is 2. The molecule has 15 heavy (non-hydrogen) atoms. The number of aliphatic hydroxyl groups is 2. The van der Waals surface area contributed by atoms with Gasteiger partial charge in [0.25, 0.3) is 0 Å². The number of rotatable bonds is 2. The Morgan fingerprint density at radius 2 is 2.33 bits per heavy atom. The van der Waals surface area contributed by atoms with Gasteiger partial charge < -0.3 is 15.5 Å². The summed E-state index contributed by atoms with van der Waals surface area (Å²) in [5.41, 5.74) is 1.49. The van der Waals surface area contributed by atoms with Crippen LogP contribution in [0, 0.1) is 11.3 Å². The van der Waals surface area contributed by atoms with Crippen LogP contribution in [0.5, 0.6) is 0 Å². The van der Waals surface area contributed by atoms with E-state index in [0.717, 1.165) is 24.3 Å². The molecule has 0 aromatic carbocycles. The minimum Gasteiger partial charge on any atom is -0.384 e. The summed E-state index contributed by atoms with van der Waals surface area (Å²) in [5, 5.41) is 30.3. The largest absolute Gasteiger partial charge is 0.384 e. The Morgan fingerprint density at radius 1 is 1.53 bits per heavy atom. The minimum absolute atomic E-state index is 0.478. The van der Waals surface area contributed by atoms with Crippen LogP contribution in [0.25, 0.3) is 0 Å². The lowest BCUT2D eigenvalue weighted by Crippen LogP contribution is -2.16. The molecule has 2 heterocycles. The van der Waals surface area contributed by atoms with Crippen molar-refractivity contribution < 1.29 is 10.2 Å². The molecule has 5 nitrogen and oxygen atoms in total. The molecule has 0 aliphatic carbocycles. The normalized spacial score (nSPS) is 17.4. The summed E-state index contributed by atoms with van der Waals surface area (Å²) >= 11 is 0. The summed E-state index contributed by atoms with van der Waals surface area (Å²) in [4.78, 5) is 4.11. The lowest BCUT2D eigenvalue weighted by molar-refractivity contribution is 0.0525. The minimum atomic E-state index is -1.40. The third-order valence-electron chi connectivity index (χ3n) is 2.45. The number of anilines is 1. The highest BCUT2D eigenvalue weighted by Crippen LogP contribution is 2.24. The van der Waals surface area contributed by atoms with Gasteiger partial charge in [0.1, 0.15) is 11.9 Å². The number of hydrogen-bond donors (Lipinski definition) is 3. The van der Waals surface area contributed by atoms with Crippen LogP contribution in [0.1, 0.15) is 17.2 Å². The Hall–Kier alpha value is -1.64. The smallest absolute Gasteiger partial charge is 0.170 e. The van der Waals surface area contributed by atoms with Gasteiger partial charge in [0, 0.05) is 18.3 Å². The quantitative estimate of drug-likeness (QED) is 0.590. The van der Waals surface area contributed by atoms with Gasteiger partial charge in [0.05, 0.1) is 6.07 Å². The van der Waals surface area contributed by atoms with Crippen molar-refractivity contribution >= 4 is 5.82 Å². The van der Waals surface area contributed by atoms with Crippen molar-refractivity contribution in [2.24, 2.45) is 0 Å². The lowest BCUT2D eigenvalue weighted by atomic mass is 10.0. The molecule has 0 spiro atoms. The number of nitrogens with one attached hydrogen (secondary N) is 1. The van der Waals surface area contributed by atoms with Crippen molar-refractivity contribution in [3.63, 3.8) is 0 Å². The van der Waals surface area contributed by atoms with Gasteiger partial charge in [0.2, 0.25) is 0 Å². The third kappa shape index (κ3) is 1.77. The molecule has 1 aliphatic rings. The van der Waals surface area contributed by atoms with Crippen molar-refractivity contribution in [2.45, 2.75) is 18.6 Å². The fourth-order valence-electron chi connectivity index (χ4n) is 1.61. The SMILES string of the molecule is N#CC(O)C(O)c1cnc2c(c1)CCN2. The maximum atomic E-state index is 9.59. The van der Waals surface area contributed by atoms with Crippen LogP contribution < -0.4 is 5.32 Å². The summed E-state index contributed by atoms with van der Waals surface area (Å²) in [6.07, 6.45) is -0.263. The van der Waals surface area contributed by atoms with E-state index in [-0.39, 0.29) is 0 Å². The fourth-order valence-corrected chi connectivity index (χ4v) is 1.61. The van der Waals surface area contributed by atoms with Crippen molar-refractivity contribution in [1.82, 2.24) is 4.98 Å². The third-order valence-corrected chi connectivity index (χ3v) is 2.45. The molecule has 2 rings (SSSR count). The highest BCUT2D eigenvalue weighted by molar-refractivity contribution is 5.50. The van der Waals surface area contributed by atoms with Crippen LogP contribution in [0.2, 0.25) is 0 Å². The summed E-state index contributed by atoms with van der Waals surface area (Å²) in [6, 6.07) is 3.36. The maximum Gasteiger partial charge on any atom is 0.170 e. The summed E-state index contributed by atoms with van der Waals surface area (Å²) in [5.74, 6) is 0.817. The van der Waals surface area contributed by atoms with Crippen LogP contribution >= 0.6 is 0 Å². The first kappa shape index (κ1) is 9.90. The van der Waals surface area contributed by atoms with Gasteiger partial charge in [-0.3, -0.25) is 0 Å². The van der Waals surface area contributed by atoms with E-state index in [9.17, 15) is 10.2 Å². The number of aliphatic hydroxyl groups excluding tert-OH is 2. The second kappa shape index (κ2) is 3.85. The van der Waals surface area contributed by atoms with E-state index in [2.05, 4.69) is 10.3 Å². The second-order valence-corrected chi connectivity index (χ2v) is 3.47. The van der Waals surface area contributed by atoms with Crippen LogP contribution in [-0.2, 0) is 6.42 Å². The van der Waals surface area contributed by atoms with E-state index < -0.39 is 12.2 Å². The molecule has 0 saturated carbocycles. The Bertz CT molecular complexity index is 414. The molecule has 0 amide bonds. The van der Waals surface area contributed by atoms with Crippen molar-refractivity contribution in [2.75, 3.05) is 11.9 Å². The molecule has 1 aromatic rings. The Balaban J connectivity index is 2.27. The maximum absolute atomic E-state index is 9.59. The number of aromatic nitrogens is 1. The van der Waals surface area contributed by atoms with Gasteiger partial charge in [-0.1, -0.05) is 0 Å². The van der Waals surface area contributed by atoms with Gasteiger partial charge in [-0.2, -0.15) is 5.26 Å². The molecule has 0 radical (unpaired) electrons. The van der Waals surface area contributed by atoms with Crippen molar-refractivity contribution in [3.05, 3.63) is 23.4 Å². The molecule has 0 fully saturated rings. The van der Waals surface area contributed by atoms with E-state index in [1.807, 2.05) is 0 Å². The highest BCUT2D eigenvalue weighted by atomic mass is 16.3. The molecule has 2 atom stereocenters. The van der Waals surface area contributed by atoms with Crippen molar-refractivity contribution in [1.29, 1.82) is 5.26 Å². The van der Waals surface area contributed by atoms with Crippen LogP contribution in [0.3, 0.4) is 0 Å². The fraction of sp³-hybridized carbons (Fsp3) is 0.400. The zero-order valence-electron chi connectivity index (χ0n) is 8.01. The Kier molecular flexibility index (Phi) is 2.54. The first-order valence-corrected chi connectivity index (χ1v) is 4.71. The first-order chi connectivity index (χ1) is 7.22. The topological polar surface area (TPSA) is 89.2 Å². The molecular formula is C10H11N3O2. The first-order valence-electron chi connectivity index (χ1n) is 4.71. The standard InChI is InChI=1S/C10H11N3O2/c11-4-8(14)9(15)7-3-6-1-2-12-10(6)13-5-7/h3,5,8-9,14-15H,1-2H2,(H,12,13). The monoisotopic (exact) mass is 205 g/mol. The van der Waals surface area contributed by atoms with Crippen LogP contribution in [-0.4, -0.2) is 27.8 Å². The number of nitriles is 1. The zero-order chi connectivity index (χ0) is 10.8. The molecule has 0 bridgehead atoms. The van der Waals surface area contributed by atoms with Gasteiger partial charge in [0.15, 0.2) is 6.10 Å². The predicted octanol–water partition coefficient (Wildman–Crippen LogP) is -0.0325. The average molecular weight is 205 g/mol. The number of fused-ring (bicyclic) bond motifs is 1. The molecule has 2 unspecified atom stereocenters. The van der Waals surface area contributed by atoms with Crippen molar-refractivity contribution in [3.8, 4) is 6.07 Å². The molecule has 1 aromatic heterocycles. The number of hydrogen-bond acceptors (Lipinski definition) is 5. The zero-order valence-corrected chi connectivity index (χ0v) is 8.01. The van der Waals surface area contributed by atoms with Crippen LogP contribution in [0.4, 0.5) is 5.82 Å². The molecule has 5 heteroatoms. The average Bonchev–Trinajstić information content (AvgIpc) is 2.73. The summed E-state index contributed by atoms with van der Waals surface area (Å²) in [6.45, 7) is 0.836. The molecule has 78 valence electrons. The van der Waals surface area contributed by atoms with E-state index >= 15 is 0 Å². The van der Waals surface area contributed by atoms with E-state index in [4.69, 9.17) is 5.26 Å². The molecule has 3 N–H and O–H groups in total. The van der Waals surface area contributed by atoms with Gasteiger partial charge in [-0.15, -0.1) is 0 Å². The van der Waals surface area contributed by atoms with Gasteiger partial charge in [-0.05, 0) is 18.1 Å². The molecule has 0 saturated heterocycles.